The summed E-state index contributed by atoms with van der Waals surface area (Å²) in [6.45, 7) is 2.25. The van der Waals surface area contributed by atoms with E-state index < -0.39 is 0 Å². The summed E-state index contributed by atoms with van der Waals surface area (Å²) in [7, 11) is 4.02. The molecule has 0 radical (unpaired) electrons. The zero-order valence-corrected chi connectivity index (χ0v) is 15.4. The number of carbonyl (C=O) groups excluding carboxylic acids is 1. The third-order valence-corrected chi connectivity index (χ3v) is 3.81. The molecule has 0 fully saturated rings. The molecule has 0 bridgehead atoms. The molecule has 1 heterocycles. The molecule has 0 unspecified atom stereocenters. The van der Waals surface area contributed by atoms with Crippen LogP contribution in [0, 0.1) is 0 Å². The van der Waals surface area contributed by atoms with Gasteiger partial charge in [-0.25, -0.2) is 9.97 Å². The van der Waals surface area contributed by atoms with Gasteiger partial charge in [0.25, 0.3) is 5.91 Å². The summed E-state index contributed by atoms with van der Waals surface area (Å²) in [4.78, 5) is 22.4. The number of rotatable bonds is 9. The van der Waals surface area contributed by atoms with E-state index in [0.717, 1.165) is 30.0 Å². The van der Waals surface area contributed by atoms with E-state index in [4.69, 9.17) is 11.6 Å². The molecule has 1 amide bonds. The molecule has 134 valence electrons. The number of hydrogen-bond donors (Lipinski definition) is 2. The number of amides is 1. The van der Waals surface area contributed by atoms with Crippen molar-refractivity contribution in [2.45, 2.75) is 12.8 Å². The lowest BCUT2D eigenvalue weighted by atomic mass is 10.1. The van der Waals surface area contributed by atoms with E-state index in [9.17, 15) is 4.79 Å². The Labute approximate surface area is 153 Å². The van der Waals surface area contributed by atoms with Gasteiger partial charge in [-0.2, -0.15) is 0 Å². The number of aromatic nitrogens is 2. The topological polar surface area (TPSA) is 70.2 Å². The number of nitrogens with zero attached hydrogens (tertiary/aromatic N) is 3. The lowest BCUT2D eigenvalue weighted by Crippen LogP contribution is -2.28. The lowest BCUT2D eigenvalue weighted by molar-refractivity contribution is 0.0947. The number of hydrogen-bond acceptors (Lipinski definition) is 5. The smallest absolute Gasteiger partial charge is 0.270 e. The first-order valence-corrected chi connectivity index (χ1v) is 8.65. The average molecular weight is 362 g/mol. The molecule has 25 heavy (non-hydrogen) atoms. The van der Waals surface area contributed by atoms with Crippen LogP contribution in [0.5, 0.6) is 0 Å². The van der Waals surface area contributed by atoms with Crippen LogP contribution in [0.1, 0.15) is 22.5 Å². The molecule has 0 saturated heterocycles. The molecule has 7 heteroatoms. The second-order valence-corrected chi connectivity index (χ2v) is 6.44. The molecule has 6 nitrogen and oxygen atoms in total. The van der Waals surface area contributed by atoms with Gasteiger partial charge >= 0.3 is 0 Å². The standard InChI is InChI=1S/C18H24ClN5O/c1-24(2)10-4-8-21-18(25)16-12-17(23-13-22-16)20-9-7-14-5-3-6-15(19)11-14/h3,5-6,11-13H,4,7-10H2,1-2H3,(H,21,25)(H,20,22,23). The summed E-state index contributed by atoms with van der Waals surface area (Å²) in [6, 6.07) is 9.42. The minimum atomic E-state index is -0.181. The highest BCUT2D eigenvalue weighted by atomic mass is 35.5. The van der Waals surface area contributed by atoms with E-state index >= 15 is 0 Å². The number of anilines is 1. The first-order chi connectivity index (χ1) is 12.0. The maximum Gasteiger partial charge on any atom is 0.270 e. The highest BCUT2D eigenvalue weighted by Crippen LogP contribution is 2.11. The fourth-order valence-corrected chi connectivity index (χ4v) is 2.51. The third-order valence-electron chi connectivity index (χ3n) is 3.58. The summed E-state index contributed by atoms with van der Waals surface area (Å²) in [5.41, 5.74) is 1.51. The summed E-state index contributed by atoms with van der Waals surface area (Å²) in [6.07, 6.45) is 3.11. The molecule has 0 aliphatic heterocycles. The van der Waals surface area contributed by atoms with Crippen molar-refractivity contribution in [1.82, 2.24) is 20.2 Å². The highest BCUT2D eigenvalue weighted by molar-refractivity contribution is 6.30. The molecule has 2 rings (SSSR count). The monoisotopic (exact) mass is 361 g/mol. The maximum atomic E-state index is 12.1. The molecular formula is C18H24ClN5O. The Morgan fingerprint density at radius 2 is 2.04 bits per heavy atom. The molecule has 0 spiro atoms. The van der Waals surface area contributed by atoms with Gasteiger partial charge in [0.05, 0.1) is 0 Å². The van der Waals surface area contributed by atoms with Gasteiger partial charge in [0.2, 0.25) is 0 Å². The highest BCUT2D eigenvalue weighted by Gasteiger charge is 2.08. The molecule has 1 aromatic heterocycles. The van der Waals surface area contributed by atoms with E-state index in [-0.39, 0.29) is 5.91 Å². The van der Waals surface area contributed by atoms with Crippen molar-refractivity contribution in [2.24, 2.45) is 0 Å². The predicted molar refractivity (Wildman–Crippen MR) is 101 cm³/mol. The Morgan fingerprint density at radius 1 is 1.20 bits per heavy atom. The molecule has 0 atom stereocenters. The van der Waals surface area contributed by atoms with Crippen LogP contribution in [0.2, 0.25) is 5.02 Å². The molecule has 0 saturated carbocycles. The maximum absolute atomic E-state index is 12.1. The van der Waals surface area contributed by atoms with E-state index in [1.165, 1.54) is 6.33 Å². The fourth-order valence-electron chi connectivity index (χ4n) is 2.29. The second-order valence-electron chi connectivity index (χ2n) is 6.01. The van der Waals surface area contributed by atoms with Gasteiger partial charge in [-0.05, 0) is 51.2 Å². The number of halogens is 1. The van der Waals surface area contributed by atoms with Crippen molar-refractivity contribution in [3.8, 4) is 0 Å². The fraction of sp³-hybridized carbons (Fsp3) is 0.389. The van der Waals surface area contributed by atoms with Crippen molar-refractivity contribution in [2.75, 3.05) is 39.0 Å². The lowest BCUT2D eigenvalue weighted by Gasteiger charge is -2.10. The Balaban J connectivity index is 1.80. The average Bonchev–Trinajstić information content (AvgIpc) is 2.59. The third kappa shape index (κ3) is 7.07. The van der Waals surface area contributed by atoms with Gasteiger partial charge in [-0.15, -0.1) is 0 Å². The number of nitrogens with one attached hydrogen (secondary N) is 2. The van der Waals surface area contributed by atoms with E-state index in [2.05, 4.69) is 25.5 Å². The van der Waals surface area contributed by atoms with Crippen molar-refractivity contribution in [3.05, 3.63) is 52.9 Å². The van der Waals surface area contributed by atoms with Crippen LogP contribution in [0.4, 0.5) is 5.82 Å². The quantitative estimate of drug-likeness (QED) is 0.671. The number of benzene rings is 1. The summed E-state index contributed by atoms with van der Waals surface area (Å²) in [5.74, 6) is 0.453. The molecule has 0 aliphatic rings. The van der Waals surface area contributed by atoms with Crippen LogP contribution in [0.15, 0.2) is 36.7 Å². The molecule has 2 N–H and O–H groups in total. The van der Waals surface area contributed by atoms with Crippen LogP contribution in [0.25, 0.3) is 0 Å². The Kier molecular flexibility index (Phi) is 7.63. The zero-order chi connectivity index (χ0) is 18.1. The first-order valence-electron chi connectivity index (χ1n) is 8.28. The van der Waals surface area contributed by atoms with Crippen LogP contribution in [-0.2, 0) is 6.42 Å². The SMILES string of the molecule is CN(C)CCCNC(=O)c1cc(NCCc2cccc(Cl)c2)ncn1. The summed E-state index contributed by atoms with van der Waals surface area (Å²) < 4.78 is 0. The Hall–Kier alpha value is -2.18. The minimum absolute atomic E-state index is 0.181. The van der Waals surface area contributed by atoms with Crippen LogP contribution in [0.3, 0.4) is 0 Å². The van der Waals surface area contributed by atoms with E-state index in [1.54, 1.807) is 6.07 Å². The molecule has 2 aromatic rings. The van der Waals surface area contributed by atoms with Crippen LogP contribution >= 0.6 is 11.6 Å². The van der Waals surface area contributed by atoms with Crippen LogP contribution in [-0.4, -0.2) is 54.5 Å². The predicted octanol–water partition coefficient (Wildman–Crippen LogP) is 2.47. The summed E-state index contributed by atoms with van der Waals surface area (Å²) in [5, 5.41) is 6.81. The number of carbonyl (C=O) groups is 1. The van der Waals surface area contributed by atoms with Crippen molar-refractivity contribution < 1.29 is 4.79 Å². The van der Waals surface area contributed by atoms with Gasteiger partial charge in [0.1, 0.15) is 17.8 Å². The Bertz CT molecular complexity index is 693. The van der Waals surface area contributed by atoms with Crippen molar-refractivity contribution in [1.29, 1.82) is 0 Å². The van der Waals surface area contributed by atoms with Gasteiger partial charge in [0, 0.05) is 24.2 Å². The minimum Gasteiger partial charge on any atom is -0.370 e. The van der Waals surface area contributed by atoms with Crippen LogP contribution < -0.4 is 10.6 Å². The van der Waals surface area contributed by atoms with Gasteiger partial charge in [0.15, 0.2) is 0 Å². The molecule has 1 aromatic carbocycles. The van der Waals surface area contributed by atoms with Crippen molar-refractivity contribution >= 4 is 23.3 Å². The van der Waals surface area contributed by atoms with Gasteiger partial charge in [-0.1, -0.05) is 23.7 Å². The second kappa shape index (κ2) is 9.96. The largest absolute Gasteiger partial charge is 0.370 e. The molecule has 0 aliphatic carbocycles. The normalized spacial score (nSPS) is 10.7. The summed E-state index contributed by atoms with van der Waals surface area (Å²) >= 11 is 5.98. The zero-order valence-electron chi connectivity index (χ0n) is 14.6. The van der Waals surface area contributed by atoms with Gasteiger partial charge in [-0.3, -0.25) is 4.79 Å². The first kappa shape index (κ1) is 19.1. The van der Waals surface area contributed by atoms with E-state index in [0.29, 0.717) is 24.6 Å². The Morgan fingerprint density at radius 3 is 2.80 bits per heavy atom. The van der Waals surface area contributed by atoms with Crippen molar-refractivity contribution in [3.63, 3.8) is 0 Å². The van der Waals surface area contributed by atoms with E-state index in [1.807, 2.05) is 38.4 Å². The van der Waals surface area contributed by atoms with Gasteiger partial charge < -0.3 is 15.5 Å². The molecular weight excluding hydrogens is 338 g/mol.